The number of ether oxygens (including phenoxy) is 1. The molecule has 1 amide bonds. The van der Waals surface area contributed by atoms with Crippen molar-refractivity contribution in [2.24, 2.45) is 0 Å². The smallest absolute Gasteiger partial charge is 0.256 e. The number of carbonyl (C=O) groups excluding carboxylic acids is 1. The fraction of sp³-hybridized carbons (Fsp3) is 0.611. The van der Waals surface area contributed by atoms with Gasteiger partial charge in [-0.05, 0) is 55.9 Å². The van der Waals surface area contributed by atoms with Crippen LogP contribution in [-0.4, -0.2) is 39.6 Å². The Balaban J connectivity index is 1.53. The number of nitrogens with zero attached hydrogens (tertiary/aromatic N) is 1. The molecule has 2 aliphatic heterocycles. The Morgan fingerprint density at radius 3 is 2.68 bits per heavy atom. The van der Waals surface area contributed by atoms with Crippen LogP contribution in [0.4, 0.5) is 5.69 Å². The number of benzene rings is 1. The minimum absolute atomic E-state index is 0.00376. The summed E-state index contributed by atoms with van der Waals surface area (Å²) in [5.41, 5.74) is 1.74. The van der Waals surface area contributed by atoms with Crippen LogP contribution in [-0.2, 0) is 26.0 Å². The highest BCUT2D eigenvalue weighted by Gasteiger charge is 2.33. The number of fused-ring (bicyclic) bond motifs is 1. The quantitative estimate of drug-likeness (QED) is 0.886. The second-order valence-electron chi connectivity index (χ2n) is 7.13. The van der Waals surface area contributed by atoms with Crippen LogP contribution in [0.5, 0.6) is 0 Å². The molecule has 1 aromatic carbocycles. The molecule has 1 aliphatic carbocycles. The molecule has 2 fully saturated rings. The SMILES string of the molecule is O=C([C@H]1CCCO1)N1CCc2cc(S(=O)(=O)NC3CCCC3)ccc21. The Hall–Kier alpha value is -1.44. The highest BCUT2D eigenvalue weighted by atomic mass is 32.2. The molecule has 6 nitrogen and oxygen atoms in total. The van der Waals surface area contributed by atoms with Gasteiger partial charge in [-0.25, -0.2) is 13.1 Å². The van der Waals surface area contributed by atoms with E-state index in [2.05, 4.69) is 4.72 Å². The summed E-state index contributed by atoms with van der Waals surface area (Å²) in [5, 5.41) is 0. The lowest BCUT2D eigenvalue weighted by atomic mass is 10.1. The average Bonchev–Trinajstić information content (AvgIpc) is 3.34. The molecule has 3 aliphatic rings. The fourth-order valence-corrected chi connectivity index (χ4v) is 5.41. The minimum Gasteiger partial charge on any atom is -0.368 e. The Labute approximate surface area is 148 Å². The Morgan fingerprint density at radius 1 is 1.16 bits per heavy atom. The second kappa shape index (κ2) is 6.70. The molecule has 0 radical (unpaired) electrons. The van der Waals surface area contributed by atoms with Crippen molar-refractivity contribution in [1.82, 2.24) is 4.72 Å². The molecule has 1 atom stereocenters. The Kier molecular flexibility index (Phi) is 4.56. The summed E-state index contributed by atoms with van der Waals surface area (Å²) in [5.74, 6) is -0.00376. The van der Waals surface area contributed by atoms with Crippen LogP contribution in [0.2, 0.25) is 0 Å². The highest BCUT2D eigenvalue weighted by Crippen LogP contribution is 2.32. The van der Waals surface area contributed by atoms with Crippen molar-refractivity contribution in [2.75, 3.05) is 18.1 Å². The molecule has 0 unspecified atom stereocenters. The molecular weight excluding hydrogens is 340 g/mol. The Morgan fingerprint density at radius 2 is 1.96 bits per heavy atom. The maximum atomic E-state index is 12.6. The van der Waals surface area contributed by atoms with Crippen molar-refractivity contribution >= 4 is 21.6 Å². The molecule has 1 saturated heterocycles. The lowest BCUT2D eigenvalue weighted by molar-refractivity contribution is -0.127. The first-order valence-corrected chi connectivity index (χ1v) is 10.6. The largest absolute Gasteiger partial charge is 0.368 e. The standard InChI is InChI=1S/C18H24N2O4S/c21-18(17-6-3-11-24-17)20-10-9-13-12-15(7-8-16(13)20)25(22,23)19-14-4-1-2-5-14/h7-8,12,14,17,19H,1-6,9-11H2/t17-/m1/s1. The van der Waals surface area contributed by atoms with Gasteiger partial charge in [-0.1, -0.05) is 12.8 Å². The summed E-state index contributed by atoms with van der Waals surface area (Å²) in [4.78, 5) is 14.6. The maximum absolute atomic E-state index is 12.6. The monoisotopic (exact) mass is 364 g/mol. The number of rotatable bonds is 4. The van der Waals surface area contributed by atoms with Crippen LogP contribution < -0.4 is 9.62 Å². The van der Waals surface area contributed by atoms with Gasteiger partial charge in [0.05, 0.1) is 4.90 Å². The maximum Gasteiger partial charge on any atom is 0.256 e. The molecule has 1 N–H and O–H groups in total. The molecule has 0 bridgehead atoms. The van der Waals surface area contributed by atoms with E-state index in [1.54, 1.807) is 23.1 Å². The van der Waals surface area contributed by atoms with E-state index in [0.717, 1.165) is 49.8 Å². The van der Waals surface area contributed by atoms with Gasteiger partial charge in [-0.15, -0.1) is 0 Å². The summed E-state index contributed by atoms with van der Waals surface area (Å²) in [6.45, 7) is 1.23. The van der Waals surface area contributed by atoms with Gasteiger partial charge in [-0.3, -0.25) is 4.79 Å². The summed E-state index contributed by atoms with van der Waals surface area (Å²) < 4.78 is 33.5. The van der Waals surface area contributed by atoms with Crippen LogP contribution in [0.15, 0.2) is 23.1 Å². The zero-order valence-electron chi connectivity index (χ0n) is 14.2. The van der Waals surface area contributed by atoms with Crippen LogP contribution in [0.1, 0.15) is 44.1 Å². The van der Waals surface area contributed by atoms with Gasteiger partial charge in [0.25, 0.3) is 5.91 Å². The first kappa shape index (κ1) is 17.0. The minimum atomic E-state index is -3.50. The summed E-state index contributed by atoms with van der Waals surface area (Å²) in [6.07, 6.45) is 6.00. The topological polar surface area (TPSA) is 75.7 Å². The van der Waals surface area contributed by atoms with Gasteiger partial charge in [0.15, 0.2) is 0 Å². The third-order valence-corrected chi connectivity index (χ3v) is 6.92. The first-order valence-electron chi connectivity index (χ1n) is 9.13. The number of sulfonamides is 1. The van der Waals surface area contributed by atoms with E-state index in [9.17, 15) is 13.2 Å². The van der Waals surface area contributed by atoms with Gasteiger partial charge >= 0.3 is 0 Å². The molecule has 1 aromatic rings. The van der Waals surface area contributed by atoms with Crippen molar-refractivity contribution < 1.29 is 17.9 Å². The number of hydrogen-bond acceptors (Lipinski definition) is 4. The summed E-state index contributed by atoms with van der Waals surface area (Å²) in [7, 11) is -3.50. The predicted molar refractivity (Wildman–Crippen MR) is 94.1 cm³/mol. The highest BCUT2D eigenvalue weighted by molar-refractivity contribution is 7.89. The molecule has 2 heterocycles. The van der Waals surface area contributed by atoms with E-state index in [0.29, 0.717) is 24.5 Å². The molecule has 0 aromatic heterocycles. The van der Waals surface area contributed by atoms with E-state index in [-0.39, 0.29) is 18.1 Å². The van der Waals surface area contributed by atoms with Crippen LogP contribution >= 0.6 is 0 Å². The van der Waals surface area contributed by atoms with Gasteiger partial charge in [0.2, 0.25) is 10.0 Å². The molecule has 7 heteroatoms. The first-order chi connectivity index (χ1) is 12.0. The second-order valence-corrected chi connectivity index (χ2v) is 8.85. The van der Waals surface area contributed by atoms with Crippen molar-refractivity contribution in [3.8, 4) is 0 Å². The number of nitrogens with one attached hydrogen (secondary N) is 1. The third-order valence-electron chi connectivity index (χ3n) is 5.40. The van der Waals surface area contributed by atoms with E-state index < -0.39 is 10.0 Å². The van der Waals surface area contributed by atoms with E-state index >= 15 is 0 Å². The zero-order valence-corrected chi connectivity index (χ0v) is 15.1. The van der Waals surface area contributed by atoms with Crippen molar-refractivity contribution in [3.63, 3.8) is 0 Å². The summed E-state index contributed by atoms with van der Waals surface area (Å²) >= 11 is 0. The van der Waals surface area contributed by atoms with Gasteiger partial charge in [0.1, 0.15) is 6.10 Å². The molecule has 136 valence electrons. The fourth-order valence-electron chi connectivity index (χ4n) is 4.05. The number of amides is 1. The molecule has 0 spiro atoms. The van der Waals surface area contributed by atoms with Crippen molar-refractivity contribution in [2.45, 2.75) is 62.0 Å². The van der Waals surface area contributed by atoms with Crippen LogP contribution in [0.25, 0.3) is 0 Å². The zero-order chi connectivity index (χ0) is 17.4. The summed E-state index contributed by atoms with van der Waals surface area (Å²) in [6, 6.07) is 5.14. The normalized spacial score (nSPS) is 24.0. The van der Waals surface area contributed by atoms with Gasteiger partial charge in [0, 0.05) is 24.9 Å². The molecule has 4 rings (SSSR count). The lowest BCUT2D eigenvalue weighted by Gasteiger charge is -2.21. The number of carbonyl (C=O) groups is 1. The van der Waals surface area contributed by atoms with Gasteiger partial charge in [-0.2, -0.15) is 0 Å². The molecule has 25 heavy (non-hydrogen) atoms. The predicted octanol–water partition coefficient (Wildman–Crippen LogP) is 1.98. The lowest BCUT2D eigenvalue weighted by Crippen LogP contribution is -2.37. The van der Waals surface area contributed by atoms with Crippen LogP contribution in [0, 0.1) is 0 Å². The molecule has 1 saturated carbocycles. The van der Waals surface area contributed by atoms with Gasteiger partial charge < -0.3 is 9.64 Å². The average molecular weight is 364 g/mol. The van der Waals surface area contributed by atoms with E-state index in [4.69, 9.17) is 4.74 Å². The van der Waals surface area contributed by atoms with E-state index in [1.165, 1.54) is 0 Å². The number of hydrogen-bond donors (Lipinski definition) is 1. The van der Waals surface area contributed by atoms with Crippen molar-refractivity contribution in [1.29, 1.82) is 0 Å². The molecular formula is C18H24N2O4S. The van der Waals surface area contributed by atoms with E-state index in [1.807, 2.05) is 0 Å². The number of anilines is 1. The third kappa shape index (κ3) is 3.32. The van der Waals surface area contributed by atoms with Crippen LogP contribution in [0.3, 0.4) is 0 Å². The Bertz CT molecular complexity index is 765. The van der Waals surface area contributed by atoms with Crippen molar-refractivity contribution in [3.05, 3.63) is 23.8 Å².